The van der Waals surface area contributed by atoms with Crippen molar-refractivity contribution in [3.8, 4) is 0 Å². The maximum atomic E-state index is 12.9. The van der Waals surface area contributed by atoms with Crippen LogP contribution in [0.5, 0.6) is 0 Å². The molecule has 2 aromatic rings. The first-order chi connectivity index (χ1) is 16.7. The molecule has 0 spiro atoms. The van der Waals surface area contributed by atoms with E-state index in [1.807, 2.05) is 18.9 Å². The second-order valence-corrected chi connectivity index (χ2v) is 8.41. The Hall–Kier alpha value is -3.70. The lowest BCUT2D eigenvalue weighted by Crippen LogP contribution is -2.54. The first-order valence-corrected chi connectivity index (χ1v) is 11.3. The Kier molecular flexibility index (Phi) is 6.90. The molecule has 2 aliphatic rings. The van der Waals surface area contributed by atoms with Gasteiger partial charge in [0.05, 0.1) is 12.2 Å². The zero-order chi connectivity index (χ0) is 25.2. The van der Waals surface area contributed by atoms with E-state index < -0.39 is 11.9 Å². The number of carbonyl (C=O) groups excluding carboxylic acids is 1. The quantitative estimate of drug-likeness (QED) is 0.576. The van der Waals surface area contributed by atoms with Gasteiger partial charge in [0.25, 0.3) is 0 Å². The highest BCUT2D eigenvalue weighted by molar-refractivity contribution is 6.05. The number of nitrogens with two attached hydrogens (primary N) is 1. The Morgan fingerprint density at radius 2 is 2.14 bits per heavy atom. The number of hydrogen-bond acceptors (Lipinski definition) is 8. The summed E-state index contributed by atoms with van der Waals surface area (Å²) in [7, 11) is 1.87. The van der Waals surface area contributed by atoms with Crippen molar-refractivity contribution in [2.45, 2.75) is 44.9 Å². The molecular weight excluding hydrogens is 461 g/mol. The largest absolute Gasteiger partial charge is 0.433 e. The van der Waals surface area contributed by atoms with Crippen molar-refractivity contribution >= 4 is 29.6 Å². The molecule has 0 saturated carbocycles. The number of likely N-dealkylation sites (N-methyl/N-ethyl adjacent to an activating group) is 1. The Labute approximate surface area is 201 Å². The number of nitrogens with one attached hydrogen (secondary N) is 1. The van der Waals surface area contributed by atoms with E-state index in [1.54, 1.807) is 11.1 Å². The summed E-state index contributed by atoms with van der Waals surface area (Å²) in [6.07, 6.45) is 1.91. The number of rotatable bonds is 7. The van der Waals surface area contributed by atoms with Gasteiger partial charge in [-0.2, -0.15) is 18.2 Å². The average Bonchev–Trinajstić information content (AvgIpc) is 2.84. The van der Waals surface area contributed by atoms with Crippen LogP contribution in [0.3, 0.4) is 0 Å². The van der Waals surface area contributed by atoms with Gasteiger partial charge >= 0.3 is 6.18 Å². The topological polar surface area (TPSA) is 113 Å². The van der Waals surface area contributed by atoms with E-state index in [0.29, 0.717) is 36.6 Å². The number of hydrogen-bond donors (Lipinski definition) is 2. The predicted molar refractivity (Wildman–Crippen MR) is 127 cm³/mol. The lowest BCUT2D eigenvalue weighted by molar-refractivity contribution is -0.141. The molecule has 4 heterocycles. The van der Waals surface area contributed by atoms with Gasteiger partial charge < -0.3 is 20.9 Å². The number of amides is 1. The standard InChI is InChI=1S/C23H27F3N8O/c1-3-17-21(35)34-8-4-5-16-19(34)20(33(17)2)32-22(31-16)30-13-15(9-27)11-28-10-14-6-7-18(29-12-14)23(24,25)26/h6-7,9,11-12,17H,3-5,8,10,13,27H2,1-2H3,(H,30,31,32). The highest BCUT2D eigenvalue weighted by atomic mass is 19.4. The van der Waals surface area contributed by atoms with E-state index in [2.05, 4.69) is 25.3 Å². The lowest BCUT2D eigenvalue weighted by Gasteiger charge is -2.42. The maximum absolute atomic E-state index is 12.9. The van der Waals surface area contributed by atoms with Crippen molar-refractivity contribution in [1.29, 1.82) is 0 Å². The van der Waals surface area contributed by atoms with Crippen molar-refractivity contribution in [3.05, 3.63) is 47.1 Å². The molecule has 4 rings (SSSR count). The van der Waals surface area contributed by atoms with Crippen molar-refractivity contribution < 1.29 is 18.0 Å². The second-order valence-electron chi connectivity index (χ2n) is 8.41. The normalized spacial score (nSPS) is 18.3. The predicted octanol–water partition coefficient (Wildman–Crippen LogP) is 2.92. The molecule has 1 unspecified atom stereocenters. The molecule has 0 radical (unpaired) electrons. The summed E-state index contributed by atoms with van der Waals surface area (Å²) in [4.78, 5) is 33.6. The fraction of sp³-hybridized carbons (Fsp3) is 0.435. The molecule has 35 heavy (non-hydrogen) atoms. The molecule has 9 nitrogen and oxygen atoms in total. The fourth-order valence-corrected chi connectivity index (χ4v) is 4.23. The van der Waals surface area contributed by atoms with E-state index in [-0.39, 0.29) is 18.5 Å². The minimum Gasteiger partial charge on any atom is -0.404 e. The van der Waals surface area contributed by atoms with Crippen LogP contribution < -0.4 is 20.9 Å². The Morgan fingerprint density at radius 3 is 2.80 bits per heavy atom. The molecule has 186 valence electrons. The summed E-state index contributed by atoms with van der Waals surface area (Å²) in [6, 6.07) is 2.01. The summed E-state index contributed by atoms with van der Waals surface area (Å²) in [6.45, 7) is 3.11. The van der Waals surface area contributed by atoms with Crippen LogP contribution >= 0.6 is 0 Å². The van der Waals surface area contributed by atoms with Crippen LogP contribution in [0.2, 0.25) is 0 Å². The zero-order valence-electron chi connectivity index (χ0n) is 19.5. The Morgan fingerprint density at radius 1 is 1.34 bits per heavy atom. The summed E-state index contributed by atoms with van der Waals surface area (Å²) in [5.74, 6) is 1.24. The van der Waals surface area contributed by atoms with Crippen LogP contribution in [-0.4, -0.2) is 53.3 Å². The number of alkyl halides is 3. The highest BCUT2D eigenvalue weighted by Gasteiger charge is 2.40. The van der Waals surface area contributed by atoms with Crippen molar-refractivity contribution in [2.75, 3.05) is 35.3 Å². The van der Waals surface area contributed by atoms with Gasteiger partial charge in [-0.1, -0.05) is 13.0 Å². The van der Waals surface area contributed by atoms with E-state index in [0.717, 1.165) is 42.3 Å². The van der Waals surface area contributed by atoms with E-state index in [4.69, 9.17) is 5.73 Å². The molecule has 1 atom stereocenters. The van der Waals surface area contributed by atoms with Crippen LogP contribution in [-0.2, 0) is 23.9 Å². The first kappa shape index (κ1) is 24.4. The highest BCUT2D eigenvalue weighted by Crippen LogP contribution is 2.40. The third-order valence-electron chi connectivity index (χ3n) is 6.05. The van der Waals surface area contributed by atoms with Gasteiger partial charge in [-0.05, 0) is 30.9 Å². The summed E-state index contributed by atoms with van der Waals surface area (Å²) >= 11 is 0. The molecule has 2 aliphatic heterocycles. The smallest absolute Gasteiger partial charge is 0.404 e. The fourth-order valence-electron chi connectivity index (χ4n) is 4.23. The van der Waals surface area contributed by atoms with Gasteiger partial charge in [0, 0.05) is 44.3 Å². The number of anilines is 3. The molecule has 2 aromatic heterocycles. The van der Waals surface area contributed by atoms with Crippen molar-refractivity contribution in [3.63, 3.8) is 0 Å². The minimum absolute atomic E-state index is 0.0839. The first-order valence-electron chi connectivity index (χ1n) is 11.3. The van der Waals surface area contributed by atoms with E-state index in [1.165, 1.54) is 12.3 Å². The minimum atomic E-state index is -4.47. The van der Waals surface area contributed by atoms with Crippen LogP contribution in [0.4, 0.5) is 30.6 Å². The summed E-state index contributed by atoms with van der Waals surface area (Å²) < 4.78 is 37.9. The summed E-state index contributed by atoms with van der Waals surface area (Å²) in [5, 5.41) is 3.17. The molecule has 0 bridgehead atoms. The monoisotopic (exact) mass is 488 g/mol. The van der Waals surface area contributed by atoms with Crippen molar-refractivity contribution in [2.24, 2.45) is 10.7 Å². The zero-order valence-corrected chi connectivity index (χ0v) is 19.5. The van der Waals surface area contributed by atoms with Crippen molar-refractivity contribution in [1.82, 2.24) is 15.0 Å². The molecule has 1 amide bonds. The average molecular weight is 489 g/mol. The second kappa shape index (κ2) is 9.88. The third kappa shape index (κ3) is 5.05. The van der Waals surface area contributed by atoms with Gasteiger partial charge in [-0.25, -0.2) is 4.98 Å². The third-order valence-corrected chi connectivity index (χ3v) is 6.05. The number of halogens is 3. The molecule has 0 fully saturated rings. The Bertz CT molecular complexity index is 1150. The van der Waals surface area contributed by atoms with Crippen LogP contribution in [0.25, 0.3) is 0 Å². The number of nitrogens with zero attached hydrogens (tertiary/aromatic N) is 6. The van der Waals surface area contributed by atoms with Gasteiger partial charge in [-0.3, -0.25) is 14.8 Å². The molecule has 3 N–H and O–H groups in total. The van der Waals surface area contributed by atoms with Gasteiger partial charge in [0.2, 0.25) is 11.9 Å². The number of carbonyl (C=O) groups is 1. The number of pyridine rings is 1. The summed E-state index contributed by atoms with van der Waals surface area (Å²) in [5.41, 5.74) is 7.61. The number of aliphatic imine (C=N–C) groups is 1. The van der Waals surface area contributed by atoms with Crippen LogP contribution in [0, 0.1) is 0 Å². The lowest BCUT2D eigenvalue weighted by atomic mass is 10.0. The maximum Gasteiger partial charge on any atom is 0.433 e. The molecule has 0 saturated heterocycles. The van der Waals surface area contributed by atoms with Gasteiger partial charge in [0.15, 0.2) is 5.82 Å². The van der Waals surface area contributed by atoms with Crippen LogP contribution in [0.1, 0.15) is 36.7 Å². The van der Waals surface area contributed by atoms with Gasteiger partial charge in [0.1, 0.15) is 17.4 Å². The van der Waals surface area contributed by atoms with Gasteiger partial charge in [-0.15, -0.1) is 0 Å². The van der Waals surface area contributed by atoms with E-state index in [9.17, 15) is 18.0 Å². The molecule has 0 aromatic carbocycles. The Balaban J connectivity index is 1.43. The number of aryl methyl sites for hydroxylation is 1. The molecular formula is C23H27F3N8O. The number of aromatic nitrogens is 3. The van der Waals surface area contributed by atoms with E-state index >= 15 is 0 Å². The molecule has 12 heteroatoms. The van der Waals surface area contributed by atoms with Crippen LogP contribution in [0.15, 0.2) is 35.1 Å². The SMILES string of the molecule is CCC1C(=O)N2CCCc3nc(NCC(C=NCc4ccc(C(F)(F)F)nc4)=CN)nc(c32)N1C. The molecule has 0 aliphatic carbocycles.